The molecule has 146 valence electrons. The summed E-state index contributed by atoms with van der Waals surface area (Å²) in [4.78, 5) is 39.6. The van der Waals surface area contributed by atoms with Crippen LogP contribution in [0.25, 0.3) is 0 Å². The summed E-state index contributed by atoms with van der Waals surface area (Å²) in [7, 11) is 1.48. The molecular weight excluding hydrogens is 352 g/mol. The normalized spacial score (nSPS) is 20.3. The zero-order chi connectivity index (χ0) is 19.4. The first-order valence-corrected chi connectivity index (χ1v) is 9.16. The standard InChI is InChI=1S/C18H24N4O5/c1-19-17(23)13-5-6-14(16(12-13)22(25)26)21-7-3-2-4-15(21)18(24)20-8-10-27-11-9-20/h5-6,12,15H,2-4,7-11H2,1H3,(H,19,23)/t15-/m0/s1. The minimum atomic E-state index is -0.493. The molecule has 0 aliphatic carbocycles. The van der Waals surface area contributed by atoms with E-state index in [1.54, 1.807) is 17.0 Å². The molecule has 0 aromatic heterocycles. The van der Waals surface area contributed by atoms with Crippen LogP contribution in [-0.4, -0.2) is 67.6 Å². The van der Waals surface area contributed by atoms with Crippen LogP contribution in [0.5, 0.6) is 0 Å². The number of ether oxygens (including phenoxy) is 1. The number of nitrogens with zero attached hydrogens (tertiary/aromatic N) is 3. The van der Waals surface area contributed by atoms with Crippen molar-refractivity contribution in [1.29, 1.82) is 0 Å². The Bertz CT molecular complexity index is 732. The van der Waals surface area contributed by atoms with Gasteiger partial charge in [-0.15, -0.1) is 0 Å². The fourth-order valence-electron chi connectivity index (χ4n) is 3.67. The van der Waals surface area contributed by atoms with Crippen LogP contribution < -0.4 is 10.2 Å². The highest BCUT2D eigenvalue weighted by molar-refractivity contribution is 5.96. The average molecular weight is 376 g/mol. The van der Waals surface area contributed by atoms with Gasteiger partial charge < -0.3 is 19.9 Å². The van der Waals surface area contributed by atoms with Gasteiger partial charge in [0.15, 0.2) is 0 Å². The molecule has 9 heteroatoms. The van der Waals surface area contributed by atoms with Crippen LogP contribution in [-0.2, 0) is 9.53 Å². The average Bonchev–Trinajstić information content (AvgIpc) is 2.72. The predicted octanol–water partition coefficient (Wildman–Crippen LogP) is 1.17. The number of carbonyl (C=O) groups is 2. The second-order valence-electron chi connectivity index (χ2n) is 6.68. The van der Waals surface area contributed by atoms with Crippen LogP contribution in [0.1, 0.15) is 29.6 Å². The minimum absolute atomic E-state index is 0.0114. The third-order valence-electron chi connectivity index (χ3n) is 5.08. The van der Waals surface area contributed by atoms with Gasteiger partial charge in [-0.1, -0.05) is 0 Å². The summed E-state index contributed by atoms with van der Waals surface area (Å²) in [6.45, 7) is 2.68. The van der Waals surface area contributed by atoms with E-state index < -0.39 is 11.0 Å². The van der Waals surface area contributed by atoms with Gasteiger partial charge in [-0.25, -0.2) is 0 Å². The zero-order valence-corrected chi connectivity index (χ0v) is 15.3. The second kappa shape index (κ2) is 8.34. The largest absolute Gasteiger partial charge is 0.378 e. The highest BCUT2D eigenvalue weighted by Gasteiger charge is 2.35. The molecule has 0 saturated carbocycles. The van der Waals surface area contributed by atoms with E-state index in [4.69, 9.17) is 4.74 Å². The Kier molecular flexibility index (Phi) is 5.90. The van der Waals surface area contributed by atoms with Crippen LogP contribution in [0, 0.1) is 10.1 Å². The first-order valence-electron chi connectivity index (χ1n) is 9.16. The lowest BCUT2D eigenvalue weighted by Gasteiger charge is -2.39. The van der Waals surface area contributed by atoms with Crippen molar-refractivity contribution in [3.05, 3.63) is 33.9 Å². The van der Waals surface area contributed by atoms with Crippen molar-refractivity contribution in [2.24, 2.45) is 0 Å². The molecule has 1 atom stereocenters. The van der Waals surface area contributed by atoms with Gasteiger partial charge in [-0.3, -0.25) is 19.7 Å². The summed E-state index contributed by atoms with van der Waals surface area (Å²) in [6, 6.07) is 3.99. The predicted molar refractivity (Wildman–Crippen MR) is 98.9 cm³/mol. The fraction of sp³-hybridized carbons (Fsp3) is 0.556. The van der Waals surface area contributed by atoms with Crippen LogP contribution in [0.15, 0.2) is 18.2 Å². The van der Waals surface area contributed by atoms with Crippen molar-refractivity contribution >= 4 is 23.2 Å². The molecule has 0 unspecified atom stereocenters. The number of benzene rings is 1. The quantitative estimate of drug-likeness (QED) is 0.625. The van der Waals surface area contributed by atoms with Crippen LogP contribution >= 0.6 is 0 Å². The maximum absolute atomic E-state index is 13.0. The van der Waals surface area contributed by atoms with Crippen molar-refractivity contribution in [2.45, 2.75) is 25.3 Å². The van der Waals surface area contributed by atoms with Gasteiger partial charge in [-0.05, 0) is 31.4 Å². The van der Waals surface area contributed by atoms with E-state index in [1.807, 2.05) is 4.90 Å². The fourth-order valence-corrected chi connectivity index (χ4v) is 3.67. The molecule has 1 N–H and O–H groups in total. The lowest BCUT2D eigenvalue weighted by molar-refractivity contribution is -0.384. The lowest BCUT2D eigenvalue weighted by Crippen LogP contribution is -2.53. The molecule has 3 rings (SSSR count). The van der Waals surface area contributed by atoms with E-state index in [9.17, 15) is 19.7 Å². The summed E-state index contributed by atoms with van der Waals surface area (Å²) in [5.74, 6) is -0.396. The van der Waals surface area contributed by atoms with E-state index in [-0.39, 0.29) is 23.1 Å². The van der Waals surface area contributed by atoms with E-state index in [0.29, 0.717) is 45.0 Å². The van der Waals surface area contributed by atoms with E-state index in [0.717, 1.165) is 12.8 Å². The molecule has 0 spiro atoms. The Morgan fingerprint density at radius 1 is 1.22 bits per heavy atom. The molecule has 2 saturated heterocycles. The summed E-state index contributed by atoms with van der Waals surface area (Å²) >= 11 is 0. The van der Waals surface area contributed by atoms with Gasteiger partial charge in [0.05, 0.1) is 18.1 Å². The molecule has 2 amide bonds. The Labute approximate surface area is 157 Å². The molecule has 27 heavy (non-hydrogen) atoms. The third-order valence-corrected chi connectivity index (χ3v) is 5.08. The maximum Gasteiger partial charge on any atom is 0.293 e. The highest BCUT2D eigenvalue weighted by atomic mass is 16.6. The van der Waals surface area contributed by atoms with Gasteiger partial charge >= 0.3 is 0 Å². The lowest BCUT2D eigenvalue weighted by atomic mass is 9.98. The summed E-state index contributed by atoms with van der Waals surface area (Å²) < 4.78 is 5.31. The van der Waals surface area contributed by atoms with E-state index in [1.165, 1.54) is 13.1 Å². The number of carbonyl (C=O) groups excluding carboxylic acids is 2. The summed E-state index contributed by atoms with van der Waals surface area (Å²) in [5, 5.41) is 14.1. The zero-order valence-electron chi connectivity index (χ0n) is 15.3. The highest BCUT2D eigenvalue weighted by Crippen LogP contribution is 2.34. The molecule has 2 aliphatic rings. The number of piperidine rings is 1. The summed E-state index contributed by atoms with van der Waals surface area (Å²) in [6.07, 6.45) is 2.42. The smallest absolute Gasteiger partial charge is 0.293 e. The van der Waals surface area contributed by atoms with Gasteiger partial charge in [0.1, 0.15) is 11.7 Å². The van der Waals surface area contributed by atoms with Gasteiger partial charge in [0.2, 0.25) is 5.91 Å². The van der Waals surface area contributed by atoms with Gasteiger partial charge in [0, 0.05) is 38.3 Å². The van der Waals surface area contributed by atoms with Crippen LogP contribution in [0.3, 0.4) is 0 Å². The first kappa shape index (κ1) is 19.1. The van der Waals surface area contributed by atoms with E-state index in [2.05, 4.69) is 5.32 Å². The molecule has 9 nitrogen and oxygen atoms in total. The number of rotatable bonds is 4. The second-order valence-corrected chi connectivity index (χ2v) is 6.68. The first-order chi connectivity index (χ1) is 13.0. The van der Waals surface area contributed by atoms with Gasteiger partial charge in [-0.2, -0.15) is 0 Å². The summed E-state index contributed by atoms with van der Waals surface area (Å²) in [5.41, 5.74) is 0.456. The number of hydrogen-bond donors (Lipinski definition) is 1. The number of morpholine rings is 1. The van der Waals surface area contributed by atoms with Crippen molar-refractivity contribution in [1.82, 2.24) is 10.2 Å². The number of nitro groups is 1. The number of nitrogens with one attached hydrogen (secondary N) is 1. The molecule has 2 fully saturated rings. The van der Waals surface area contributed by atoms with Crippen LogP contribution in [0.2, 0.25) is 0 Å². The molecule has 0 radical (unpaired) electrons. The number of anilines is 1. The minimum Gasteiger partial charge on any atom is -0.378 e. The number of nitro benzene ring substituents is 1. The van der Waals surface area contributed by atoms with Crippen molar-refractivity contribution in [2.75, 3.05) is 44.8 Å². The topological polar surface area (TPSA) is 105 Å². The SMILES string of the molecule is CNC(=O)c1ccc(N2CCCC[C@H]2C(=O)N2CCOCC2)c([N+](=O)[O-])c1. The van der Waals surface area contributed by atoms with Crippen molar-refractivity contribution in [3.8, 4) is 0 Å². The van der Waals surface area contributed by atoms with Crippen LogP contribution in [0.4, 0.5) is 11.4 Å². The molecule has 1 aromatic carbocycles. The van der Waals surface area contributed by atoms with Crippen molar-refractivity contribution in [3.63, 3.8) is 0 Å². The van der Waals surface area contributed by atoms with E-state index >= 15 is 0 Å². The molecule has 2 heterocycles. The number of hydrogen-bond acceptors (Lipinski definition) is 6. The maximum atomic E-state index is 13.0. The molecule has 2 aliphatic heterocycles. The Hall–Kier alpha value is -2.68. The Balaban J connectivity index is 1.92. The van der Waals surface area contributed by atoms with Crippen molar-refractivity contribution < 1.29 is 19.2 Å². The van der Waals surface area contributed by atoms with Gasteiger partial charge in [0.25, 0.3) is 11.6 Å². The Morgan fingerprint density at radius 2 is 1.96 bits per heavy atom. The monoisotopic (exact) mass is 376 g/mol. The molecular formula is C18H24N4O5. The molecule has 0 bridgehead atoms. The molecule has 1 aromatic rings. The third kappa shape index (κ3) is 4.02. The Morgan fingerprint density at radius 3 is 2.63 bits per heavy atom. The number of amides is 2.